The number of carbonyl (C=O) groups is 1. The van der Waals surface area contributed by atoms with Crippen molar-refractivity contribution in [3.63, 3.8) is 0 Å². The topological polar surface area (TPSA) is 89.8 Å². The monoisotopic (exact) mass is 441 g/mol. The summed E-state index contributed by atoms with van der Waals surface area (Å²) < 4.78 is 28.8. The van der Waals surface area contributed by atoms with Crippen LogP contribution < -0.4 is 10.7 Å². The normalized spacial score (nSPS) is 11.0. The van der Waals surface area contributed by atoms with Crippen molar-refractivity contribution in [3.05, 3.63) is 86.6 Å². The third-order valence-electron chi connectivity index (χ3n) is 4.64. The summed E-state index contributed by atoms with van der Waals surface area (Å²) in [5.41, 5.74) is 0.420. The predicted molar refractivity (Wildman–Crippen MR) is 112 cm³/mol. The van der Waals surface area contributed by atoms with Crippen molar-refractivity contribution >= 4 is 34.2 Å². The van der Waals surface area contributed by atoms with E-state index >= 15 is 0 Å². The molecule has 0 bridgehead atoms. The fraction of sp³-hybridized carbons (Fsp3) is 0.0952. The van der Waals surface area contributed by atoms with Gasteiger partial charge in [-0.05, 0) is 55.8 Å². The molecule has 0 unspecified atom stereocenters. The molecular formula is C21H14ClF2N5O2. The van der Waals surface area contributed by atoms with Crippen LogP contribution in [0.5, 0.6) is 0 Å². The van der Waals surface area contributed by atoms with Crippen molar-refractivity contribution in [2.45, 2.75) is 13.8 Å². The molecular weight excluding hydrogens is 428 g/mol. The highest BCUT2D eigenvalue weighted by Gasteiger charge is 2.21. The quantitative estimate of drug-likeness (QED) is 0.486. The third kappa shape index (κ3) is 3.87. The molecule has 0 radical (unpaired) electrons. The molecule has 0 fully saturated rings. The standard InChI is InChI=1S/C21H14ClF2N5O2/c1-10-7-16-18(26-11(10)2)20(30)19(21(31)27-13-4-6-17(24)25-9-13)28-29(16)15-5-3-12(22)8-14(15)23/h3-9H,1-2H3,(H,27,31). The van der Waals surface area contributed by atoms with Crippen molar-refractivity contribution in [3.8, 4) is 5.69 Å². The number of hydrogen-bond acceptors (Lipinski definition) is 5. The van der Waals surface area contributed by atoms with Crippen LogP contribution in [0.2, 0.25) is 5.02 Å². The number of halogens is 3. The average molecular weight is 442 g/mol. The summed E-state index contributed by atoms with van der Waals surface area (Å²) in [4.78, 5) is 33.5. The summed E-state index contributed by atoms with van der Waals surface area (Å²) in [6.45, 7) is 3.50. The summed E-state index contributed by atoms with van der Waals surface area (Å²) in [5.74, 6) is -2.29. The zero-order valence-corrected chi connectivity index (χ0v) is 17.0. The molecule has 4 rings (SSSR count). The Morgan fingerprint density at radius 1 is 1.13 bits per heavy atom. The third-order valence-corrected chi connectivity index (χ3v) is 4.88. The highest BCUT2D eigenvalue weighted by atomic mass is 35.5. The number of hydrogen-bond donors (Lipinski definition) is 1. The first-order chi connectivity index (χ1) is 14.7. The van der Waals surface area contributed by atoms with E-state index in [2.05, 4.69) is 20.4 Å². The first kappa shape index (κ1) is 20.5. The maximum Gasteiger partial charge on any atom is 0.280 e. The molecule has 3 heterocycles. The molecule has 0 saturated heterocycles. The molecule has 0 atom stereocenters. The van der Waals surface area contributed by atoms with Crippen LogP contribution in [0, 0.1) is 25.6 Å². The van der Waals surface area contributed by atoms with E-state index in [1.807, 2.05) is 0 Å². The Bertz CT molecular complexity index is 1400. The molecule has 0 spiro atoms. The fourth-order valence-electron chi connectivity index (χ4n) is 2.96. The van der Waals surface area contributed by atoms with Gasteiger partial charge < -0.3 is 5.32 Å². The SMILES string of the molecule is Cc1cc2c(nc1C)c(=O)c(C(=O)Nc1ccc(F)nc1)nn2-c1ccc(Cl)cc1F. The number of anilines is 1. The van der Waals surface area contributed by atoms with Crippen molar-refractivity contribution in [1.82, 2.24) is 19.7 Å². The second-order valence-corrected chi connectivity index (χ2v) is 7.20. The van der Waals surface area contributed by atoms with E-state index < -0.39 is 28.8 Å². The lowest BCUT2D eigenvalue weighted by atomic mass is 10.1. The van der Waals surface area contributed by atoms with Gasteiger partial charge in [-0.2, -0.15) is 9.49 Å². The Morgan fingerprint density at radius 2 is 1.90 bits per heavy atom. The highest BCUT2D eigenvalue weighted by Crippen LogP contribution is 2.22. The number of amides is 1. The zero-order valence-electron chi connectivity index (χ0n) is 16.3. The molecule has 0 aliphatic carbocycles. The molecule has 156 valence electrons. The van der Waals surface area contributed by atoms with E-state index in [-0.39, 0.29) is 27.4 Å². The van der Waals surface area contributed by atoms with Gasteiger partial charge in [0.05, 0.1) is 17.4 Å². The van der Waals surface area contributed by atoms with Crippen LogP contribution >= 0.6 is 11.6 Å². The minimum atomic E-state index is -0.872. The van der Waals surface area contributed by atoms with Crippen molar-refractivity contribution < 1.29 is 13.6 Å². The molecule has 0 aliphatic rings. The van der Waals surface area contributed by atoms with Crippen LogP contribution in [-0.4, -0.2) is 25.7 Å². The van der Waals surface area contributed by atoms with Crippen LogP contribution in [0.25, 0.3) is 16.7 Å². The Hall–Kier alpha value is -3.72. The van der Waals surface area contributed by atoms with E-state index in [0.29, 0.717) is 5.69 Å². The molecule has 31 heavy (non-hydrogen) atoms. The van der Waals surface area contributed by atoms with Gasteiger partial charge in [-0.25, -0.2) is 19.0 Å². The molecule has 1 N–H and O–H groups in total. The Morgan fingerprint density at radius 3 is 2.58 bits per heavy atom. The summed E-state index contributed by atoms with van der Waals surface area (Å²) in [5, 5.41) is 6.73. The molecule has 7 nitrogen and oxygen atoms in total. The summed E-state index contributed by atoms with van der Waals surface area (Å²) in [7, 11) is 0. The zero-order chi connectivity index (χ0) is 22.3. The number of benzene rings is 1. The van der Waals surface area contributed by atoms with Crippen LogP contribution in [0.1, 0.15) is 21.7 Å². The smallest absolute Gasteiger partial charge is 0.280 e. The van der Waals surface area contributed by atoms with Crippen molar-refractivity contribution in [2.24, 2.45) is 0 Å². The number of pyridine rings is 2. The molecule has 4 aromatic rings. The molecule has 1 amide bonds. The largest absolute Gasteiger partial charge is 0.319 e. The number of nitrogens with one attached hydrogen (secondary N) is 1. The fourth-order valence-corrected chi connectivity index (χ4v) is 3.12. The molecule has 0 aliphatic heterocycles. The summed E-state index contributed by atoms with van der Waals surface area (Å²) >= 11 is 5.85. The molecule has 10 heteroatoms. The van der Waals surface area contributed by atoms with E-state index in [4.69, 9.17) is 11.6 Å². The summed E-state index contributed by atoms with van der Waals surface area (Å²) in [6, 6.07) is 7.93. The van der Waals surface area contributed by atoms with Gasteiger partial charge in [0.25, 0.3) is 5.91 Å². The number of nitrogens with zero attached hydrogens (tertiary/aromatic N) is 4. The van der Waals surface area contributed by atoms with E-state index in [9.17, 15) is 18.4 Å². The number of fused-ring (bicyclic) bond motifs is 1. The van der Waals surface area contributed by atoms with Gasteiger partial charge in [0, 0.05) is 10.7 Å². The molecule has 1 aromatic carbocycles. The van der Waals surface area contributed by atoms with Crippen LogP contribution in [0.15, 0.2) is 47.4 Å². The van der Waals surface area contributed by atoms with Crippen LogP contribution in [0.3, 0.4) is 0 Å². The minimum absolute atomic E-state index is 0.0167. The summed E-state index contributed by atoms with van der Waals surface area (Å²) in [6.07, 6.45) is 1.09. The number of rotatable bonds is 3. The van der Waals surface area contributed by atoms with Crippen molar-refractivity contribution in [2.75, 3.05) is 5.32 Å². The maximum absolute atomic E-state index is 14.7. The Balaban J connectivity index is 1.95. The second-order valence-electron chi connectivity index (χ2n) is 6.77. The Labute approximate surface area is 179 Å². The molecule has 0 saturated carbocycles. The van der Waals surface area contributed by atoms with E-state index in [1.165, 1.54) is 18.2 Å². The number of aryl methyl sites for hydroxylation is 2. The van der Waals surface area contributed by atoms with Crippen LogP contribution in [-0.2, 0) is 0 Å². The lowest BCUT2D eigenvalue weighted by Crippen LogP contribution is -2.28. The first-order valence-corrected chi connectivity index (χ1v) is 9.42. The van der Waals surface area contributed by atoms with Gasteiger partial charge in [0.1, 0.15) is 17.0 Å². The number of aromatic nitrogens is 4. The lowest BCUT2D eigenvalue weighted by Gasteiger charge is -2.14. The van der Waals surface area contributed by atoms with Crippen LogP contribution in [0.4, 0.5) is 14.5 Å². The lowest BCUT2D eigenvalue weighted by molar-refractivity contribution is 0.101. The maximum atomic E-state index is 14.7. The van der Waals surface area contributed by atoms with Gasteiger partial charge in [-0.15, -0.1) is 0 Å². The highest BCUT2D eigenvalue weighted by molar-refractivity contribution is 6.30. The van der Waals surface area contributed by atoms with Crippen molar-refractivity contribution in [1.29, 1.82) is 0 Å². The molecule has 3 aromatic heterocycles. The van der Waals surface area contributed by atoms with E-state index in [1.54, 1.807) is 19.9 Å². The predicted octanol–water partition coefficient (Wildman–Crippen LogP) is 3.98. The number of carbonyl (C=O) groups excluding carboxylic acids is 1. The van der Waals surface area contributed by atoms with Gasteiger partial charge in [0.2, 0.25) is 11.4 Å². The Kier molecular flexibility index (Phi) is 5.20. The van der Waals surface area contributed by atoms with Gasteiger partial charge in [-0.1, -0.05) is 11.6 Å². The van der Waals surface area contributed by atoms with Gasteiger partial charge >= 0.3 is 0 Å². The average Bonchev–Trinajstić information content (AvgIpc) is 2.72. The van der Waals surface area contributed by atoms with E-state index in [0.717, 1.165) is 28.6 Å². The van der Waals surface area contributed by atoms with Gasteiger partial charge in [0.15, 0.2) is 5.69 Å². The minimum Gasteiger partial charge on any atom is -0.319 e. The second kappa shape index (κ2) is 7.84. The van der Waals surface area contributed by atoms with Gasteiger partial charge in [-0.3, -0.25) is 9.59 Å². The first-order valence-electron chi connectivity index (χ1n) is 9.04.